The van der Waals surface area contributed by atoms with Crippen LogP contribution in [0.4, 0.5) is 13.2 Å². The van der Waals surface area contributed by atoms with Crippen LogP contribution in [-0.4, -0.2) is 68.3 Å². The molecule has 2 heterocycles. The van der Waals surface area contributed by atoms with Crippen molar-refractivity contribution in [2.75, 3.05) is 32.8 Å². The Balaban J connectivity index is 1.43. The van der Waals surface area contributed by atoms with E-state index < -0.39 is 39.6 Å². The molecule has 2 fully saturated rings. The summed E-state index contributed by atoms with van der Waals surface area (Å²) in [5, 5.41) is 2.69. The zero-order valence-corrected chi connectivity index (χ0v) is 20.1. The van der Waals surface area contributed by atoms with Gasteiger partial charge in [-0.25, -0.2) is 8.42 Å². The van der Waals surface area contributed by atoms with E-state index in [4.69, 9.17) is 4.74 Å². The van der Waals surface area contributed by atoms with E-state index in [1.807, 2.05) is 0 Å². The van der Waals surface area contributed by atoms with Crippen molar-refractivity contribution in [1.29, 1.82) is 0 Å². The fraction of sp³-hybridized carbons (Fsp3) is 0.417. The van der Waals surface area contributed by atoms with Gasteiger partial charge in [0.15, 0.2) is 0 Å². The Bertz CT molecular complexity index is 1210. The standard InChI is InChI=1S/C24H26F3N3O5S/c25-24(26,27)19-8-6-17(7-9-19)16-28-22(31)21-5-2-10-30(21)23(32)18-3-1-4-20(15-18)36(33,34)29-11-13-35-14-12-29/h1,3-4,6-9,15,21H,2,5,10-14,16H2,(H,28,31). The van der Waals surface area contributed by atoms with Crippen LogP contribution in [0.3, 0.4) is 0 Å². The topological polar surface area (TPSA) is 96.0 Å². The molecule has 2 aliphatic rings. The Morgan fingerprint density at radius 3 is 2.39 bits per heavy atom. The Labute approximate surface area is 207 Å². The van der Waals surface area contributed by atoms with Crippen LogP contribution in [0, 0.1) is 0 Å². The number of carbonyl (C=O) groups excluding carboxylic acids is 2. The monoisotopic (exact) mass is 525 g/mol. The second-order valence-corrected chi connectivity index (χ2v) is 10.6. The van der Waals surface area contributed by atoms with Crippen LogP contribution in [0.25, 0.3) is 0 Å². The van der Waals surface area contributed by atoms with Gasteiger partial charge in [-0.2, -0.15) is 17.5 Å². The van der Waals surface area contributed by atoms with Crippen LogP contribution in [0.5, 0.6) is 0 Å². The molecule has 2 aliphatic heterocycles. The lowest BCUT2D eigenvalue weighted by molar-refractivity contribution is -0.137. The number of nitrogens with zero attached hydrogens (tertiary/aromatic N) is 2. The van der Waals surface area contributed by atoms with Crippen LogP contribution in [0.1, 0.15) is 34.3 Å². The third-order valence-corrected chi connectivity index (χ3v) is 8.15. The normalized spacial score (nSPS) is 19.3. The van der Waals surface area contributed by atoms with E-state index in [0.717, 1.165) is 12.1 Å². The number of halogens is 3. The van der Waals surface area contributed by atoms with Gasteiger partial charge in [-0.3, -0.25) is 9.59 Å². The van der Waals surface area contributed by atoms with E-state index in [1.165, 1.54) is 45.6 Å². The number of rotatable bonds is 6. The van der Waals surface area contributed by atoms with Crippen molar-refractivity contribution < 1.29 is 35.9 Å². The molecule has 0 bridgehead atoms. The lowest BCUT2D eigenvalue weighted by Gasteiger charge is -2.27. The number of amides is 2. The van der Waals surface area contributed by atoms with Crippen LogP contribution < -0.4 is 5.32 Å². The number of carbonyl (C=O) groups is 2. The smallest absolute Gasteiger partial charge is 0.379 e. The zero-order valence-electron chi connectivity index (χ0n) is 19.3. The van der Waals surface area contributed by atoms with Gasteiger partial charge in [0, 0.05) is 31.7 Å². The van der Waals surface area contributed by atoms with Gasteiger partial charge in [0.25, 0.3) is 5.91 Å². The maximum absolute atomic E-state index is 13.2. The van der Waals surface area contributed by atoms with Gasteiger partial charge < -0.3 is 15.0 Å². The summed E-state index contributed by atoms with van der Waals surface area (Å²) in [4.78, 5) is 27.5. The first kappa shape index (κ1) is 26.1. The Kier molecular flexibility index (Phi) is 7.67. The van der Waals surface area contributed by atoms with Crippen molar-refractivity contribution in [3.63, 3.8) is 0 Å². The SMILES string of the molecule is O=C(NCc1ccc(C(F)(F)F)cc1)C1CCCN1C(=O)c1cccc(S(=O)(=O)N2CCOCC2)c1. The first-order chi connectivity index (χ1) is 17.1. The number of hydrogen-bond acceptors (Lipinski definition) is 5. The fourth-order valence-corrected chi connectivity index (χ4v) is 5.75. The number of hydrogen-bond donors (Lipinski definition) is 1. The average Bonchev–Trinajstić information content (AvgIpc) is 3.37. The number of ether oxygens (including phenoxy) is 1. The molecule has 2 amide bonds. The summed E-state index contributed by atoms with van der Waals surface area (Å²) in [6, 6.07) is 9.48. The quantitative estimate of drug-likeness (QED) is 0.626. The van der Waals surface area contributed by atoms with Gasteiger partial charge >= 0.3 is 6.18 Å². The fourth-order valence-electron chi connectivity index (χ4n) is 4.29. The molecule has 2 aromatic rings. The Hall–Kier alpha value is -2.96. The highest BCUT2D eigenvalue weighted by Gasteiger charge is 2.35. The summed E-state index contributed by atoms with van der Waals surface area (Å²) in [5.74, 6) is -0.876. The highest BCUT2D eigenvalue weighted by atomic mass is 32.2. The molecule has 1 unspecified atom stereocenters. The summed E-state index contributed by atoms with van der Waals surface area (Å²) in [5.41, 5.74) is -0.122. The summed E-state index contributed by atoms with van der Waals surface area (Å²) >= 11 is 0. The van der Waals surface area contributed by atoms with Crippen LogP contribution in [-0.2, 0) is 32.3 Å². The van der Waals surface area contributed by atoms with E-state index in [1.54, 1.807) is 0 Å². The summed E-state index contributed by atoms with van der Waals surface area (Å²) in [6.45, 7) is 1.41. The van der Waals surface area contributed by atoms with Crippen molar-refractivity contribution in [1.82, 2.24) is 14.5 Å². The molecule has 36 heavy (non-hydrogen) atoms. The molecule has 8 nitrogen and oxygen atoms in total. The minimum Gasteiger partial charge on any atom is -0.379 e. The minimum atomic E-state index is -4.44. The molecule has 2 aromatic carbocycles. The molecule has 0 radical (unpaired) electrons. The first-order valence-electron chi connectivity index (χ1n) is 11.5. The second kappa shape index (κ2) is 10.6. The van der Waals surface area contributed by atoms with Gasteiger partial charge in [-0.05, 0) is 48.7 Å². The van der Waals surface area contributed by atoms with Crippen LogP contribution >= 0.6 is 0 Å². The van der Waals surface area contributed by atoms with Crippen LogP contribution in [0.2, 0.25) is 0 Å². The van der Waals surface area contributed by atoms with Gasteiger partial charge in [0.2, 0.25) is 15.9 Å². The number of benzene rings is 2. The Morgan fingerprint density at radius 1 is 1.03 bits per heavy atom. The van der Waals surface area contributed by atoms with E-state index in [0.29, 0.717) is 38.2 Å². The van der Waals surface area contributed by atoms with Crippen molar-refractivity contribution in [3.8, 4) is 0 Å². The number of nitrogens with one attached hydrogen (secondary N) is 1. The van der Waals surface area contributed by atoms with Gasteiger partial charge in [0.05, 0.1) is 23.7 Å². The number of alkyl halides is 3. The number of sulfonamides is 1. The molecule has 2 saturated heterocycles. The Morgan fingerprint density at radius 2 is 1.72 bits per heavy atom. The van der Waals surface area contributed by atoms with Crippen LogP contribution in [0.15, 0.2) is 53.4 Å². The molecule has 12 heteroatoms. The van der Waals surface area contributed by atoms with E-state index in [-0.39, 0.29) is 30.1 Å². The molecule has 4 rings (SSSR count). The zero-order chi connectivity index (χ0) is 25.9. The second-order valence-electron chi connectivity index (χ2n) is 8.61. The molecule has 1 N–H and O–H groups in total. The average molecular weight is 526 g/mol. The highest BCUT2D eigenvalue weighted by molar-refractivity contribution is 7.89. The van der Waals surface area contributed by atoms with Gasteiger partial charge in [-0.15, -0.1) is 0 Å². The van der Waals surface area contributed by atoms with Gasteiger partial charge in [0.1, 0.15) is 6.04 Å². The molecule has 0 aliphatic carbocycles. The molecule has 0 aromatic heterocycles. The lowest BCUT2D eigenvalue weighted by atomic mass is 10.1. The van der Waals surface area contributed by atoms with Crippen molar-refractivity contribution in [2.45, 2.75) is 36.5 Å². The van der Waals surface area contributed by atoms with Gasteiger partial charge in [-0.1, -0.05) is 18.2 Å². The molecular weight excluding hydrogens is 499 g/mol. The highest BCUT2D eigenvalue weighted by Crippen LogP contribution is 2.29. The number of likely N-dealkylation sites (tertiary alicyclic amines) is 1. The predicted octanol–water partition coefficient (Wildman–Crippen LogP) is 2.65. The summed E-state index contributed by atoms with van der Waals surface area (Å²) in [6.07, 6.45) is -3.42. The van der Waals surface area contributed by atoms with Crippen molar-refractivity contribution >= 4 is 21.8 Å². The molecule has 0 spiro atoms. The molecule has 0 saturated carbocycles. The minimum absolute atomic E-state index is 0.00208. The predicted molar refractivity (Wildman–Crippen MR) is 123 cm³/mol. The largest absolute Gasteiger partial charge is 0.416 e. The van der Waals surface area contributed by atoms with E-state index >= 15 is 0 Å². The van der Waals surface area contributed by atoms with E-state index in [2.05, 4.69) is 5.32 Å². The lowest BCUT2D eigenvalue weighted by Crippen LogP contribution is -2.45. The summed E-state index contributed by atoms with van der Waals surface area (Å²) in [7, 11) is -3.79. The third-order valence-electron chi connectivity index (χ3n) is 6.25. The molecule has 1 atom stereocenters. The number of morpholine rings is 1. The first-order valence-corrected chi connectivity index (χ1v) is 12.9. The molecular formula is C24H26F3N3O5S. The molecule has 194 valence electrons. The third kappa shape index (κ3) is 5.71. The van der Waals surface area contributed by atoms with Crippen molar-refractivity contribution in [2.24, 2.45) is 0 Å². The van der Waals surface area contributed by atoms with Crippen molar-refractivity contribution in [3.05, 3.63) is 65.2 Å². The maximum Gasteiger partial charge on any atom is 0.416 e. The maximum atomic E-state index is 13.2. The summed E-state index contributed by atoms with van der Waals surface area (Å²) < 4.78 is 70.7. The van der Waals surface area contributed by atoms with E-state index in [9.17, 15) is 31.2 Å².